The van der Waals surface area contributed by atoms with E-state index in [1.807, 2.05) is 30.3 Å². The molecule has 0 spiro atoms. The summed E-state index contributed by atoms with van der Waals surface area (Å²) in [5, 5.41) is 0. The number of ether oxygens (including phenoxy) is 2. The molecule has 3 aromatic rings. The van der Waals surface area contributed by atoms with Crippen LogP contribution >= 0.6 is 0 Å². The minimum absolute atomic E-state index is 0.0410. The van der Waals surface area contributed by atoms with Crippen LogP contribution in [0.4, 0.5) is 10.1 Å². The third-order valence-corrected chi connectivity index (χ3v) is 5.85. The molecule has 0 bridgehead atoms. The van der Waals surface area contributed by atoms with Gasteiger partial charge in [0.2, 0.25) is 5.91 Å². The number of rotatable bonds is 7. The Hall–Kier alpha value is -3.87. The molecule has 34 heavy (non-hydrogen) atoms. The molecule has 0 N–H and O–H groups in total. The van der Waals surface area contributed by atoms with Gasteiger partial charge in [0.1, 0.15) is 30.0 Å². The zero-order valence-electron chi connectivity index (χ0n) is 19.0. The highest BCUT2D eigenvalue weighted by molar-refractivity contribution is 6.08. The largest absolute Gasteiger partial charge is 0.497 e. The average Bonchev–Trinajstić information content (AvgIpc) is 2.89. The summed E-state index contributed by atoms with van der Waals surface area (Å²) < 4.78 is 24.2. The van der Waals surface area contributed by atoms with Gasteiger partial charge >= 0.3 is 0 Å². The van der Waals surface area contributed by atoms with E-state index in [1.54, 1.807) is 48.4 Å². The van der Waals surface area contributed by atoms with E-state index in [9.17, 15) is 14.0 Å². The van der Waals surface area contributed by atoms with Crippen molar-refractivity contribution in [1.29, 1.82) is 0 Å². The Morgan fingerprint density at radius 3 is 2.15 bits per heavy atom. The maximum absolute atomic E-state index is 13.3. The van der Waals surface area contributed by atoms with E-state index in [4.69, 9.17) is 9.47 Å². The Morgan fingerprint density at radius 2 is 1.53 bits per heavy atom. The van der Waals surface area contributed by atoms with Crippen LogP contribution in [0.15, 0.2) is 78.9 Å². The number of hydrogen-bond acceptors (Lipinski definition) is 4. The van der Waals surface area contributed by atoms with E-state index in [2.05, 4.69) is 0 Å². The third kappa shape index (κ3) is 5.73. The minimum Gasteiger partial charge on any atom is -0.497 e. The molecule has 0 atom stereocenters. The summed E-state index contributed by atoms with van der Waals surface area (Å²) in [5.74, 6) is 0.596. The van der Waals surface area contributed by atoms with Gasteiger partial charge in [-0.25, -0.2) is 4.39 Å². The number of carbonyl (C=O) groups is 2. The molecule has 1 heterocycles. The molecule has 0 aromatic heterocycles. The highest BCUT2D eigenvalue weighted by Gasteiger charge is 2.27. The molecule has 1 aliphatic rings. The van der Waals surface area contributed by atoms with Crippen LogP contribution in [0, 0.1) is 5.82 Å². The van der Waals surface area contributed by atoms with Gasteiger partial charge in [-0.05, 0) is 60.7 Å². The summed E-state index contributed by atoms with van der Waals surface area (Å²) in [5.41, 5.74) is 1.13. The van der Waals surface area contributed by atoms with Gasteiger partial charge in [-0.2, -0.15) is 0 Å². The number of hydrogen-bond donors (Lipinski definition) is 0. The first kappa shape index (κ1) is 23.3. The fourth-order valence-corrected chi connectivity index (χ4v) is 3.94. The van der Waals surface area contributed by atoms with Crippen LogP contribution in [0.1, 0.15) is 23.2 Å². The lowest BCUT2D eigenvalue weighted by molar-refractivity contribution is -0.131. The second-order valence-corrected chi connectivity index (χ2v) is 8.11. The lowest BCUT2D eigenvalue weighted by Gasteiger charge is -2.33. The second-order valence-electron chi connectivity index (χ2n) is 8.11. The van der Waals surface area contributed by atoms with E-state index in [0.29, 0.717) is 48.7 Å². The zero-order valence-corrected chi connectivity index (χ0v) is 19.0. The predicted molar refractivity (Wildman–Crippen MR) is 128 cm³/mol. The van der Waals surface area contributed by atoms with Crippen molar-refractivity contribution in [3.8, 4) is 11.5 Å². The summed E-state index contributed by atoms with van der Waals surface area (Å²) >= 11 is 0. The quantitative estimate of drug-likeness (QED) is 0.517. The lowest BCUT2D eigenvalue weighted by atomic mass is 10.1. The smallest absolute Gasteiger partial charge is 0.258 e. The SMILES string of the molecule is COc1ccc(C(=O)N(CC(=O)N2CCC(Oc3ccc(F)cc3)CC2)c2ccccc2)cc1. The van der Waals surface area contributed by atoms with Crippen molar-refractivity contribution < 1.29 is 23.5 Å². The second kappa shape index (κ2) is 10.8. The predicted octanol–water partition coefficient (Wildman–Crippen LogP) is 4.55. The molecule has 6 nitrogen and oxygen atoms in total. The minimum atomic E-state index is -0.306. The highest BCUT2D eigenvalue weighted by atomic mass is 19.1. The number of para-hydroxylation sites is 1. The first-order valence-corrected chi connectivity index (χ1v) is 11.2. The molecule has 1 aliphatic heterocycles. The molecule has 1 saturated heterocycles. The van der Waals surface area contributed by atoms with Crippen molar-refractivity contribution >= 4 is 17.5 Å². The van der Waals surface area contributed by atoms with Crippen LogP contribution in [-0.2, 0) is 4.79 Å². The number of benzene rings is 3. The van der Waals surface area contributed by atoms with Gasteiger partial charge in [0, 0.05) is 37.2 Å². The van der Waals surface area contributed by atoms with E-state index < -0.39 is 0 Å². The maximum Gasteiger partial charge on any atom is 0.258 e. The number of halogens is 1. The van der Waals surface area contributed by atoms with Crippen LogP contribution in [0.3, 0.4) is 0 Å². The molecule has 176 valence electrons. The summed E-state index contributed by atoms with van der Waals surface area (Å²) in [4.78, 5) is 29.7. The number of anilines is 1. The number of methoxy groups -OCH3 is 1. The third-order valence-electron chi connectivity index (χ3n) is 5.85. The van der Waals surface area contributed by atoms with Crippen LogP contribution in [0.5, 0.6) is 11.5 Å². The van der Waals surface area contributed by atoms with Gasteiger partial charge in [-0.1, -0.05) is 18.2 Å². The fraction of sp³-hybridized carbons (Fsp3) is 0.259. The molecule has 4 rings (SSSR count). The van der Waals surface area contributed by atoms with Gasteiger partial charge in [-0.3, -0.25) is 14.5 Å². The van der Waals surface area contributed by atoms with Crippen LogP contribution in [0.2, 0.25) is 0 Å². The molecule has 1 fully saturated rings. The highest BCUT2D eigenvalue weighted by Crippen LogP contribution is 2.22. The van der Waals surface area contributed by atoms with Crippen molar-refractivity contribution in [2.75, 3.05) is 31.6 Å². The number of carbonyl (C=O) groups excluding carboxylic acids is 2. The van der Waals surface area contributed by atoms with Crippen molar-refractivity contribution in [3.05, 3.63) is 90.2 Å². The monoisotopic (exact) mass is 462 g/mol. The van der Waals surface area contributed by atoms with E-state index in [-0.39, 0.29) is 30.3 Å². The average molecular weight is 463 g/mol. The Bertz CT molecular complexity index is 1100. The summed E-state index contributed by atoms with van der Waals surface area (Å²) in [6.07, 6.45) is 1.29. The topological polar surface area (TPSA) is 59.1 Å². The van der Waals surface area contributed by atoms with Gasteiger partial charge < -0.3 is 14.4 Å². The van der Waals surface area contributed by atoms with Gasteiger partial charge in [-0.15, -0.1) is 0 Å². The maximum atomic E-state index is 13.3. The molecule has 3 aromatic carbocycles. The fourth-order valence-electron chi connectivity index (χ4n) is 3.94. The Morgan fingerprint density at radius 1 is 0.912 bits per heavy atom. The molecule has 7 heteroatoms. The number of piperidine rings is 1. The molecule has 0 unspecified atom stereocenters. The molecular formula is C27H27FN2O4. The molecule has 0 aliphatic carbocycles. The summed E-state index contributed by atoms with van der Waals surface area (Å²) in [7, 11) is 1.57. The van der Waals surface area contributed by atoms with Crippen molar-refractivity contribution in [1.82, 2.24) is 4.90 Å². The van der Waals surface area contributed by atoms with Gasteiger partial charge in [0.25, 0.3) is 5.91 Å². The number of likely N-dealkylation sites (tertiary alicyclic amines) is 1. The molecule has 2 amide bonds. The Balaban J connectivity index is 1.40. The Labute approximate surface area is 198 Å². The van der Waals surface area contributed by atoms with E-state index in [0.717, 1.165) is 0 Å². The molecule has 0 saturated carbocycles. The summed E-state index contributed by atoms with van der Waals surface area (Å²) in [6, 6.07) is 22.0. The first-order valence-electron chi connectivity index (χ1n) is 11.2. The number of amides is 2. The van der Waals surface area contributed by atoms with Gasteiger partial charge in [0.05, 0.1) is 7.11 Å². The molecule has 0 radical (unpaired) electrons. The normalized spacial score (nSPS) is 13.9. The van der Waals surface area contributed by atoms with E-state index in [1.165, 1.54) is 17.0 Å². The number of nitrogens with zero attached hydrogens (tertiary/aromatic N) is 2. The van der Waals surface area contributed by atoms with Crippen molar-refractivity contribution in [3.63, 3.8) is 0 Å². The van der Waals surface area contributed by atoms with Crippen LogP contribution in [-0.4, -0.2) is 49.6 Å². The van der Waals surface area contributed by atoms with Crippen molar-refractivity contribution in [2.45, 2.75) is 18.9 Å². The van der Waals surface area contributed by atoms with Crippen molar-refractivity contribution in [2.24, 2.45) is 0 Å². The zero-order chi connectivity index (χ0) is 23.9. The van der Waals surface area contributed by atoms with Gasteiger partial charge in [0.15, 0.2) is 0 Å². The molecular weight excluding hydrogens is 435 g/mol. The standard InChI is InChI=1S/C27H27FN2O4/c1-33-23-11-7-20(8-12-23)27(32)30(22-5-3-2-4-6-22)19-26(31)29-17-15-25(16-18-29)34-24-13-9-21(28)10-14-24/h2-14,25H,15-19H2,1H3. The lowest BCUT2D eigenvalue weighted by Crippen LogP contribution is -2.47. The Kier molecular flexibility index (Phi) is 7.42. The van der Waals surface area contributed by atoms with Crippen LogP contribution < -0.4 is 14.4 Å². The summed E-state index contributed by atoms with van der Waals surface area (Å²) in [6.45, 7) is 1.01. The van der Waals surface area contributed by atoms with Crippen LogP contribution in [0.25, 0.3) is 0 Å². The van der Waals surface area contributed by atoms with E-state index >= 15 is 0 Å². The first-order chi connectivity index (χ1) is 16.5.